The van der Waals surface area contributed by atoms with Gasteiger partial charge in [-0.25, -0.2) is 4.68 Å². The first-order valence-corrected chi connectivity index (χ1v) is 7.40. The number of rotatable bonds is 4. The molecule has 0 atom stereocenters. The Kier molecular flexibility index (Phi) is 4.06. The number of aromatic nitrogens is 3. The van der Waals surface area contributed by atoms with Gasteiger partial charge < -0.3 is 5.32 Å². The molecule has 1 aliphatic rings. The van der Waals surface area contributed by atoms with E-state index < -0.39 is 0 Å². The summed E-state index contributed by atoms with van der Waals surface area (Å²) in [5.41, 5.74) is 0.607. The van der Waals surface area contributed by atoms with Crippen molar-refractivity contribution in [2.45, 2.75) is 44.7 Å². The van der Waals surface area contributed by atoms with Gasteiger partial charge in [-0.3, -0.25) is 4.79 Å². The lowest BCUT2D eigenvalue weighted by molar-refractivity contribution is 0.361. The van der Waals surface area contributed by atoms with Crippen LogP contribution >= 0.6 is 0 Å². The lowest BCUT2D eigenvalue weighted by atomic mass is 9.95. The van der Waals surface area contributed by atoms with Crippen molar-refractivity contribution in [3.05, 3.63) is 34.6 Å². The standard InChI is InChI=1S/C15H20N4O/c20-15-13-8-4-5-9-14(13)17-18-19(15)11-10-16-12-6-2-1-3-7-12/h4-5,8-9,12,16H,1-3,6-7,10-11H2. The molecule has 0 saturated heterocycles. The molecule has 3 rings (SSSR count). The summed E-state index contributed by atoms with van der Waals surface area (Å²) in [6.45, 7) is 1.35. The molecular weight excluding hydrogens is 252 g/mol. The van der Waals surface area contributed by atoms with Crippen LogP contribution in [0, 0.1) is 0 Å². The molecule has 0 radical (unpaired) electrons. The molecule has 1 saturated carbocycles. The summed E-state index contributed by atoms with van der Waals surface area (Å²) in [5, 5.41) is 12.3. The number of hydrogen-bond acceptors (Lipinski definition) is 4. The zero-order chi connectivity index (χ0) is 13.8. The minimum atomic E-state index is -0.0546. The summed E-state index contributed by atoms with van der Waals surface area (Å²) in [5.74, 6) is 0. The minimum absolute atomic E-state index is 0.0546. The van der Waals surface area contributed by atoms with Crippen molar-refractivity contribution >= 4 is 10.9 Å². The van der Waals surface area contributed by atoms with Gasteiger partial charge in [-0.2, -0.15) is 0 Å². The highest BCUT2D eigenvalue weighted by Gasteiger charge is 2.12. The van der Waals surface area contributed by atoms with E-state index in [0.717, 1.165) is 6.54 Å². The molecule has 1 N–H and O–H groups in total. The first kappa shape index (κ1) is 13.2. The predicted octanol–water partition coefficient (Wildman–Crippen LogP) is 1.71. The van der Waals surface area contributed by atoms with Crippen LogP contribution in [-0.2, 0) is 6.54 Å². The number of nitrogens with one attached hydrogen (secondary N) is 1. The molecule has 1 heterocycles. The summed E-state index contributed by atoms with van der Waals surface area (Å²) in [6.07, 6.45) is 6.48. The molecule has 0 amide bonds. The van der Waals surface area contributed by atoms with Crippen molar-refractivity contribution in [3.63, 3.8) is 0 Å². The maximum atomic E-state index is 12.2. The Morgan fingerprint density at radius 2 is 2.00 bits per heavy atom. The quantitative estimate of drug-likeness (QED) is 0.920. The van der Waals surface area contributed by atoms with Gasteiger partial charge in [-0.15, -0.1) is 5.10 Å². The topological polar surface area (TPSA) is 59.8 Å². The van der Waals surface area contributed by atoms with Crippen molar-refractivity contribution in [1.29, 1.82) is 0 Å². The van der Waals surface area contributed by atoms with Gasteiger partial charge in [-0.1, -0.05) is 36.6 Å². The highest BCUT2D eigenvalue weighted by Crippen LogP contribution is 2.16. The van der Waals surface area contributed by atoms with E-state index in [1.165, 1.54) is 36.8 Å². The first-order valence-electron chi connectivity index (χ1n) is 7.40. The molecular formula is C15H20N4O. The Morgan fingerprint density at radius 1 is 1.20 bits per heavy atom. The van der Waals surface area contributed by atoms with Gasteiger partial charge >= 0.3 is 0 Å². The summed E-state index contributed by atoms with van der Waals surface area (Å²) in [7, 11) is 0. The summed E-state index contributed by atoms with van der Waals surface area (Å²) >= 11 is 0. The molecule has 20 heavy (non-hydrogen) atoms. The Balaban J connectivity index is 1.65. The fraction of sp³-hybridized carbons (Fsp3) is 0.533. The second-order valence-corrected chi connectivity index (χ2v) is 5.42. The predicted molar refractivity (Wildman–Crippen MR) is 78.7 cm³/mol. The summed E-state index contributed by atoms with van der Waals surface area (Å²) in [4.78, 5) is 12.2. The van der Waals surface area contributed by atoms with Crippen LogP contribution in [0.15, 0.2) is 29.1 Å². The van der Waals surface area contributed by atoms with Gasteiger partial charge in [0.25, 0.3) is 5.56 Å². The smallest absolute Gasteiger partial charge is 0.277 e. The van der Waals surface area contributed by atoms with E-state index in [1.807, 2.05) is 18.2 Å². The molecule has 0 spiro atoms. The maximum Gasteiger partial charge on any atom is 0.277 e. The van der Waals surface area contributed by atoms with E-state index in [2.05, 4.69) is 15.6 Å². The van der Waals surface area contributed by atoms with Gasteiger partial charge in [0, 0.05) is 12.6 Å². The van der Waals surface area contributed by atoms with Crippen LogP contribution in [0.2, 0.25) is 0 Å². The molecule has 106 valence electrons. The van der Waals surface area contributed by atoms with Crippen LogP contribution < -0.4 is 10.9 Å². The molecule has 1 aromatic carbocycles. The second kappa shape index (κ2) is 6.13. The fourth-order valence-electron chi connectivity index (χ4n) is 2.85. The van der Waals surface area contributed by atoms with E-state index >= 15 is 0 Å². The van der Waals surface area contributed by atoms with E-state index in [0.29, 0.717) is 23.5 Å². The lowest BCUT2D eigenvalue weighted by Crippen LogP contribution is -2.36. The van der Waals surface area contributed by atoms with Crippen molar-refractivity contribution in [1.82, 2.24) is 20.3 Å². The van der Waals surface area contributed by atoms with Crippen LogP contribution in [-0.4, -0.2) is 27.6 Å². The Labute approximate surface area is 118 Å². The average Bonchev–Trinajstić information content (AvgIpc) is 2.51. The zero-order valence-electron chi connectivity index (χ0n) is 11.6. The van der Waals surface area contributed by atoms with Crippen molar-refractivity contribution < 1.29 is 0 Å². The lowest BCUT2D eigenvalue weighted by Gasteiger charge is -2.22. The Bertz CT molecular complexity index is 631. The van der Waals surface area contributed by atoms with E-state index in [4.69, 9.17) is 0 Å². The average molecular weight is 272 g/mol. The SMILES string of the molecule is O=c1c2ccccc2nnn1CCNC1CCCCC1. The molecule has 2 aromatic rings. The molecule has 5 heteroatoms. The molecule has 1 aliphatic carbocycles. The fourth-order valence-corrected chi connectivity index (χ4v) is 2.85. The van der Waals surface area contributed by atoms with Gasteiger partial charge in [0.2, 0.25) is 0 Å². The molecule has 5 nitrogen and oxygen atoms in total. The van der Waals surface area contributed by atoms with Crippen LogP contribution in [0.25, 0.3) is 10.9 Å². The zero-order valence-corrected chi connectivity index (χ0v) is 11.6. The summed E-state index contributed by atoms with van der Waals surface area (Å²) in [6, 6.07) is 7.95. The molecule has 0 bridgehead atoms. The highest BCUT2D eigenvalue weighted by atomic mass is 16.1. The summed E-state index contributed by atoms with van der Waals surface area (Å²) < 4.78 is 1.46. The number of fused-ring (bicyclic) bond motifs is 1. The number of nitrogens with zero attached hydrogens (tertiary/aromatic N) is 3. The third kappa shape index (κ3) is 2.88. The number of hydrogen-bond donors (Lipinski definition) is 1. The molecule has 0 unspecified atom stereocenters. The van der Waals surface area contributed by atoms with Gasteiger partial charge in [-0.05, 0) is 25.0 Å². The second-order valence-electron chi connectivity index (χ2n) is 5.42. The van der Waals surface area contributed by atoms with Crippen LogP contribution in [0.5, 0.6) is 0 Å². The highest BCUT2D eigenvalue weighted by molar-refractivity contribution is 5.76. The van der Waals surface area contributed by atoms with Crippen LogP contribution in [0.3, 0.4) is 0 Å². The maximum absolute atomic E-state index is 12.2. The van der Waals surface area contributed by atoms with E-state index in [-0.39, 0.29) is 5.56 Å². The molecule has 1 aromatic heterocycles. The first-order chi connectivity index (χ1) is 9.84. The van der Waals surface area contributed by atoms with Gasteiger partial charge in [0.15, 0.2) is 0 Å². The number of benzene rings is 1. The third-order valence-electron chi connectivity index (χ3n) is 3.99. The largest absolute Gasteiger partial charge is 0.312 e. The Hall–Kier alpha value is -1.75. The van der Waals surface area contributed by atoms with E-state index in [1.54, 1.807) is 6.07 Å². The van der Waals surface area contributed by atoms with E-state index in [9.17, 15) is 4.79 Å². The van der Waals surface area contributed by atoms with Crippen LogP contribution in [0.4, 0.5) is 0 Å². The monoisotopic (exact) mass is 272 g/mol. The van der Waals surface area contributed by atoms with Crippen molar-refractivity contribution in [2.24, 2.45) is 0 Å². The van der Waals surface area contributed by atoms with Gasteiger partial charge in [0.05, 0.1) is 11.9 Å². The van der Waals surface area contributed by atoms with Crippen LogP contribution in [0.1, 0.15) is 32.1 Å². The van der Waals surface area contributed by atoms with Crippen molar-refractivity contribution in [2.75, 3.05) is 6.54 Å². The van der Waals surface area contributed by atoms with Gasteiger partial charge in [0.1, 0.15) is 5.52 Å². The molecule has 1 fully saturated rings. The Morgan fingerprint density at radius 3 is 2.85 bits per heavy atom. The molecule has 0 aliphatic heterocycles. The minimum Gasteiger partial charge on any atom is -0.312 e. The van der Waals surface area contributed by atoms with Crippen molar-refractivity contribution in [3.8, 4) is 0 Å². The normalized spacial score (nSPS) is 16.6. The third-order valence-corrected chi connectivity index (χ3v) is 3.99.